The van der Waals surface area contributed by atoms with E-state index in [4.69, 9.17) is 0 Å². The molecule has 1 aliphatic heterocycles. The zero-order chi connectivity index (χ0) is 20.1. The molecule has 3 rings (SSSR count). The lowest BCUT2D eigenvalue weighted by Crippen LogP contribution is -2.34. The second-order valence-electron chi connectivity index (χ2n) is 6.90. The molecule has 0 bridgehead atoms. The quantitative estimate of drug-likeness (QED) is 0.744. The van der Waals surface area contributed by atoms with Crippen molar-refractivity contribution in [3.8, 4) is 0 Å². The van der Waals surface area contributed by atoms with Crippen LogP contribution in [0.3, 0.4) is 0 Å². The molecular formula is C21H23F2N3O2. The largest absolute Gasteiger partial charge is 0.375 e. The van der Waals surface area contributed by atoms with Gasteiger partial charge in [-0.25, -0.2) is 8.78 Å². The number of halogens is 2. The van der Waals surface area contributed by atoms with E-state index in [1.807, 2.05) is 37.4 Å². The Morgan fingerprint density at radius 3 is 2.68 bits per heavy atom. The molecule has 0 unspecified atom stereocenters. The molecule has 0 radical (unpaired) electrons. The first-order valence-electron chi connectivity index (χ1n) is 9.25. The fourth-order valence-corrected chi connectivity index (χ4v) is 3.30. The lowest BCUT2D eigenvalue weighted by molar-refractivity contribution is -0.126. The van der Waals surface area contributed by atoms with Crippen molar-refractivity contribution >= 4 is 23.2 Å². The van der Waals surface area contributed by atoms with Gasteiger partial charge >= 0.3 is 0 Å². The molecule has 1 saturated heterocycles. The highest BCUT2D eigenvalue weighted by Crippen LogP contribution is 2.28. The van der Waals surface area contributed by atoms with Gasteiger partial charge in [0, 0.05) is 44.9 Å². The number of rotatable bonds is 7. The topological polar surface area (TPSA) is 52.7 Å². The van der Waals surface area contributed by atoms with E-state index < -0.39 is 17.6 Å². The summed E-state index contributed by atoms with van der Waals surface area (Å²) in [5.74, 6) is -2.61. The second-order valence-corrected chi connectivity index (χ2v) is 6.90. The molecule has 5 nitrogen and oxygen atoms in total. The van der Waals surface area contributed by atoms with Gasteiger partial charge in [0.25, 0.3) is 0 Å². The van der Waals surface area contributed by atoms with Gasteiger partial charge in [-0.3, -0.25) is 9.59 Å². The van der Waals surface area contributed by atoms with Gasteiger partial charge in [0.2, 0.25) is 11.8 Å². The van der Waals surface area contributed by atoms with Gasteiger partial charge in [-0.05, 0) is 30.7 Å². The minimum Gasteiger partial charge on any atom is -0.375 e. The number of amides is 2. The molecule has 1 heterocycles. The molecule has 1 aliphatic rings. The van der Waals surface area contributed by atoms with Gasteiger partial charge < -0.3 is 15.1 Å². The van der Waals surface area contributed by atoms with Crippen LogP contribution in [0, 0.1) is 17.6 Å². The molecule has 28 heavy (non-hydrogen) atoms. The number of nitrogens with one attached hydrogen (secondary N) is 1. The van der Waals surface area contributed by atoms with Crippen LogP contribution in [-0.2, 0) is 9.59 Å². The SMILES string of the molecule is CN(CCCNC(=O)[C@H]1CC(=O)N(c2ccc(F)cc2F)C1)c1ccccc1. The van der Waals surface area contributed by atoms with Crippen LogP contribution < -0.4 is 15.1 Å². The predicted molar refractivity (Wildman–Crippen MR) is 104 cm³/mol. The van der Waals surface area contributed by atoms with Gasteiger partial charge in [0.05, 0.1) is 11.6 Å². The number of nitrogens with zero attached hydrogens (tertiary/aromatic N) is 2. The third-order valence-electron chi connectivity index (χ3n) is 4.86. The number of anilines is 2. The first kappa shape index (κ1) is 19.8. The summed E-state index contributed by atoms with van der Waals surface area (Å²) in [6.45, 7) is 1.36. The average Bonchev–Trinajstić information content (AvgIpc) is 3.07. The Labute approximate surface area is 162 Å². The third-order valence-corrected chi connectivity index (χ3v) is 4.86. The van der Waals surface area contributed by atoms with Crippen LogP contribution in [0.4, 0.5) is 20.2 Å². The third kappa shape index (κ3) is 4.65. The van der Waals surface area contributed by atoms with Crippen LogP contribution in [0.1, 0.15) is 12.8 Å². The minimum atomic E-state index is -0.807. The van der Waals surface area contributed by atoms with Gasteiger partial charge in [-0.2, -0.15) is 0 Å². The van der Waals surface area contributed by atoms with Crippen molar-refractivity contribution < 1.29 is 18.4 Å². The van der Waals surface area contributed by atoms with Crippen molar-refractivity contribution in [2.75, 3.05) is 36.5 Å². The van der Waals surface area contributed by atoms with Crippen LogP contribution in [0.15, 0.2) is 48.5 Å². The van der Waals surface area contributed by atoms with Gasteiger partial charge in [0.15, 0.2) is 0 Å². The zero-order valence-corrected chi connectivity index (χ0v) is 15.7. The number of hydrogen-bond donors (Lipinski definition) is 1. The fraction of sp³-hybridized carbons (Fsp3) is 0.333. The van der Waals surface area contributed by atoms with Crippen LogP contribution in [0.2, 0.25) is 0 Å². The smallest absolute Gasteiger partial charge is 0.227 e. The minimum absolute atomic E-state index is 0.00573. The highest BCUT2D eigenvalue weighted by molar-refractivity contribution is 6.00. The number of carbonyl (C=O) groups excluding carboxylic acids is 2. The summed E-state index contributed by atoms with van der Waals surface area (Å²) in [7, 11) is 1.99. The fourth-order valence-electron chi connectivity index (χ4n) is 3.30. The normalized spacial score (nSPS) is 16.3. The number of carbonyl (C=O) groups is 2. The summed E-state index contributed by atoms with van der Waals surface area (Å²) in [6.07, 6.45) is 0.778. The van der Waals surface area contributed by atoms with Crippen LogP contribution >= 0.6 is 0 Å². The summed E-state index contributed by atoms with van der Waals surface area (Å²) in [4.78, 5) is 27.9. The van der Waals surface area contributed by atoms with Crippen molar-refractivity contribution in [1.82, 2.24) is 5.32 Å². The summed E-state index contributed by atoms with van der Waals surface area (Å²) < 4.78 is 27.0. The molecule has 2 aromatic rings. The van der Waals surface area contributed by atoms with E-state index in [9.17, 15) is 18.4 Å². The Morgan fingerprint density at radius 1 is 1.21 bits per heavy atom. The van der Waals surface area contributed by atoms with Crippen molar-refractivity contribution in [2.24, 2.45) is 5.92 Å². The summed E-state index contributed by atoms with van der Waals surface area (Å²) in [6, 6.07) is 13.0. The van der Waals surface area contributed by atoms with E-state index in [1.54, 1.807) is 0 Å². The Hall–Kier alpha value is -2.96. The molecule has 2 amide bonds. The number of hydrogen-bond acceptors (Lipinski definition) is 3. The predicted octanol–water partition coefficient (Wildman–Crippen LogP) is 2.96. The Kier molecular flexibility index (Phi) is 6.23. The van der Waals surface area contributed by atoms with Crippen molar-refractivity contribution in [2.45, 2.75) is 12.8 Å². The van der Waals surface area contributed by atoms with E-state index in [-0.39, 0.29) is 30.5 Å². The van der Waals surface area contributed by atoms with Crippen molar-refractivity contribution in [1.29, 1.82) is 0 Å². The molecule has 0 saturated carbocycles. The number of benzene rings is 2. The summed E-state index contributed by atoms with van der Waals surface area (Å²) in [5.41, 5.74) is 1.11. The Bertz CT molecular complexity index is 845. The lowest BCUT2D eigenvalue weighted by atomic mass is 10.1. The zero-order valence-electron chi connectivity index (χ0n) is 15.7. The van der Waals surface area contributed by atoms with E-state index in [1.165, 1.54) is 11.0 Å². The van der Waals surface area contributed by atoms with E-state index in [2.05, 4.69) is 10.2 Å². The Morgan fingerprint density at radius 2 is 1.96 bits per heavy atom. The lowest BCUT2D eigenvalue weighted by Gasteiger charge is -2.19. The molecule has 0 aliphatic carbocycles. The van der Waals surface area contributed by atoms with Crippen molar-refractivity contribution in [3.05, 3.63) is 60.2 Å². The molecule has 148 valence electrons. The maximum atomic E-state index is 13.9. The molecule has 7 heteroatoms. The molecule has 1 fully saturated rings. The van der Waals surface area contributed by atoms with Gasteiger partial charge in [0.1, 0.15) is 11.6 Å². The molecule has 2 aromatic carbocycles. The highest BCUT2D eigenvalue weighted by atomic mass is 19.1. The van der Waals surface area contributed by atoms with Crippen LogP contribution in [-0.4, -0.2) is 38.5 Å². The first-order chi connectivity index (χ1) is 13.5. The Balaban J connectivity index is 1.47. The molecule has 1 N–H and O–H groups in total. The second kappa shape index (κ2) is 8.82. The van der Waals surface area contributed by atoms with E-state index in [0.29, 0.717) is 6.54 Å². The molecule has 0 spiro atoms. The maximum Gasteiger partial charge on any atom is 0.227 e. The monoisotopic (exact) mass is 387 g/mol. The van der Waals surface area contributed by atoms with Gasteiger partial charge in [-0.15, -0.1) is 0 Å². The van der Waals surface area contributed by atoms with E-state index in [0.717, 1.165) is 30.8 Å². The molecule has 1 atom stereocenters. The average molecular weight is 387 g/mol. The standard InChI is InChI=1S/C21H23F2N3O2/c1-25(17-6-3-2-4-7-17)11-5-10-24-21(28)15-12-20(27)26(14-15)19-9-8-16(22)13-18(19)23/h2-4,6-9,13,15H,5,10-12,14H2,1H3,(H,24,28)/t15-/m0/s1. The van der Waals surface area contributed by atoms with E-state index >= 15 is 0 Å². The van der Waals surface area contributed by atoms with Crippen LogP contribution in [0.5, 0.6) is 0 Å². The molecular weight excluding hydrogens is 364 g/mol. The highest BCUT2D eigenvalue weighted by Gasteiger charge is 2.36. The summed E-state index contributed by atoms with van der Waals surface area (Å²) in [5, 5.41) is 2.85. The van der Waals surface area contributed by atoms with Crippen LogP contribution in [0.25, 0.3) is 0 Å². The first-order valence-corrected chi connectivity index (χ1v) is 9.25. The van der Waals surface area contributed by atoms with Gasteiger partial charge in [-0.1, -0.05) is 18.2 Å². The molecule has 0 aromatic heterocycles. The maximum absolute atomic E-state index is 13.9. The van der Waals surface area contributed by atoms with Crippen molar-refractivity contribution in [3.63, 3.8) is 0 Å². The number of para-hydroxylation sites is 1. The summed E-state index contributed by atoms with van der Waals surface area (Å²) >= 11 is 0.